The van der Waals surface area contributed by atoms with Crippen LogP contribution in [-0.4, -0.2) is 6.22 Å². The fraction of sp³-hybridized carbons (Fsp3) is 0.484. The van der Waals surface area contributed by atoms with Crippen molar-refractivity contribution in [3.63, 3.8) is 0 Å². The van der Waals surface area contributed by atoms with Crippen LogP contribution in [-0.2, 0) is 14.8 Å². The van der Waals surface area contributed by atoms with E-state index in [4.69, 9.17) is 17.2 Å². The Balaban J connectivity index is 1.60. The van der Waals surface area contributed by atoms with Gasteiger partial charge in [0, 0.05) is 0 Å². The van der Waals surface area contributed by atoms with E-state index in [0.29, 0.717) is 0 Å². The van der Waals surface area contributed by atoms with Gasteiger partial charge in [-0.05, 0) is 0 Å². The second-order valence-electron chi connectivity index (χ2n) is 11.5. The van der Waals surface area contributed by atoms with Crippen LogP contribution in [0.1, 0.15) is 118 Å². The van der Waals surface area contributed by atoms with E-state index in [-0.39, 0.29) is 13.6 Å². The molecule has 2 saturated carbocycles. The Kier molecular flexibility index (Phi) is 6.48. The van der Waals surface area contributed by atoms with Crippen LogP contribution in [0.5, 0.6) is 0 Å². The summed E-state index contributed by atoms with van der Waals surface area (Å²) in [5, 5.41) is 0. The molecule has 2 aromatic rings. The van der Waals surface area contributed by atoms with E-state index in [0.717, 1.165) is 24.7 Å². The summed E-state index contributed by atoms with van der Waals surface area (Å²) < 4.78 is 0.539. The van der Waals surface area contributed by atoms with Crippen molar-refractivity contribution >= 4 is 35.5 Å². The van der Waals surface area contributed by atoms with Crippen molar-refractivity contribution < 1.29 is 14.8 Å². The van der Waals surface area contributed by atoms with Crippen LogP contribution in [0, 0.1) is 0 Å². The van der Waals surface area contributed by atoms with Crippen molar-refractivity contribution in [1.29, 1.82) is 0 Å². The molecule has 0 bridgehead atoms. The molecule has 184 valence electrons. The summed E-state index contributed by atoms with van der Waals surface area (Å²) in [6.07, 6.45) is 13.7. The van der Waals surface area contributed by atoms with Gasteiger partial charge in [0.1, 0.15) is 0 Å². The number of halogens is 2. The van der Waals surface area contributed by atoms with Gasteiger partial charge in [0.25, 0.3) is 0 Å². The number of benzene rings is 2. The summed E-state index contributed by atoms with van der Waals surface area (Å²) in [7, 11) is 16.8. The molecule has 2 atom stereocenters. The second kappa shape index (κ2) is 9.11. The van der Waals surface area contributed by atoms with Crippen LogP contribution in [0.2, 0.25) is 6.04 Å². The summed E-state index contributed by atoms with van der Waals surface area (Å²) in [6, 6.07) is 15.3. The molecular formula is C31H38Cl2HfSi. The average molecular weight is 688 g/mol. The number of allylic oxidation sites excluding steroid dienone is 2. The Bertz CT molecular complexity index is 1230. The zero-order chi connectivity index (χ0) is 24.4. The molecule has 0 heterocycles. The van der Waals surface area contributed by atoms with Gasteiger partial charge in [0.15, 0.2) is 0 Å². The molecule has 0 saturated heterocycles. The molecule has 0 aliphatic heterocycles. The first-order chi connectivity index (χ1) is 16.9. The molecule has 0 spiro atoms. The number of fused-ring (bicyclic) bond motifs is 2. The summed E-state index contributed by atoms with van der Waals surface area (Å²) in [6.45, 7) is 6.96. The fourth-order valence-electron chi connectivity index (χ4n) is 7.22. The molecule has 4 aliphatic carbocycles. The van der Waals surface area contributed by atoms with Crippen molar-refractivity contribution in [2.45, 2.75) is 90.9 Å². The third kappa shape index (κ3) is 4.00. The van der Waals surface area contributed by atoms with E-state index in [1.807, 2.05) is 0 Å². The molecule has 35 heavy (non-hydrogen) atoms. The number of hydrogen-bond acceptors (Lipinski definition) is 0. The van der Waals surface area contributed by atoms with Crippen molar-refractivity contribution in [2.75, 3.05) is 0 Å². The average Bonchev–Trinajstić information content (AvgIpc) is 3.79. The standard InChI is InChI=1S/2C14H15.C3H8Si.2ClH.Hf/c2*1-2-10-8-12-4-3-5-13(11-6-7-11)14(12)9-10;1-2-3-4;;;/h2*3-5,8-9,11H,2,6-7H2,1H3;4H,2-3H2,1H3;2*1H;/q;;;;;+2/p-2. The van der Waals surface area contributed by atoms with Gasteiger partial charge in [-0.3, -0.25) is 0 Å². The van der Waals surface area contributed by atoms with Gasteiger partial charge in [-0.25, -0.2) is 0 Å². The van der Waals surface area contributed by atoms with Crippen LogP contribution in [0.4, 0.5) is 0 Å². The molecule has 2 unspecified atom stereocenters. The Labute approximate surface area is 220 Å². The van der Waals surface area contributed by atoms with E-state index in [1.165, 1.54) is 71.5 Å². The Morgan fingerprint density at radius 2 is 1.14 bits per heavy atom. The summed E-state index contributed by atoms with van der Waals surface area (Å²) in [4.78, 5) is 0. The molecule has 2 fully saturated rings. The fourth-order valence-corrected chi connectivity index (χ4v) is 57.3. The van der Waals surface area contributed by atoms with Gasteiger partial charge in [-0.15, -0.1) is 0 Å². The molecular weight excluding hydrogens is 650 g/mol. The Morgan fingerprint density at radius 1 is 0.714 bits per heavy atom. The normalized spacial score (nSPS) is 23.6. The monoisotopic (exact) mass is 688 g/mol. The molecule has 0 aromatic heterocycles. The molecule has 6 rings (SSSR count). The van der Waals surface area contributed by atoms with E-state index in [2.05, 4.69) is 69.3 Å². The van der Waals surface area contributed by atoms with Crippen LogP contribution in [0.15, 0.2) is 47.5 Å². The minimum atomic E-state index is -4.64. The van der Waals surface area contributed by atoms with Gasteiger partial charge in [0.2, 0.25) is 0 Å². The zero-order valence-electron chi connectivity index (χ0n) is 21.4. The van der Waals surface area contributed by atoms with E-state index in [9.17, 15) is 0 Å². The van der Waals surface area contributed by atoms with Gasteiger partial charge in [0.05, 0.1) is 0 Å². The van der Waals surface area contributed by atoms with Crippen LogP contribution in [0.25, 0.3) is 12.2 Å². The van der Waals surface area contributed by atoms with Gasteiger partial charge < -0.3 is 0 Å². The number of rotatable bonds is 8. The maximum absolute atomic E-state index is 8.42. The third-order valence-corrected chi connectivity index (χ3v) is 55.3. The molecule has 4 heteroatoms. The van der Waals surface area contributed by atoms with E-state index >= 15 is 0 Å². The molecule has 0 amide bonds. The first-order valence-electron chi connectivity index (χ1n) is 14.0. The van der Waals surface area contributed by atoms with E-state index < -0.39 is 14.8 Å². The number of hydrogen-bond donors (Lipinski definition) is 0. The minimum absolute atomic E-state index is 0.0153. The van der Waals surface area contributed by atoms with Gasteiger partial charge >= 0.3 is 222 Å². The first kappa shape index (κ1) is 24.9. The van der Waals surface area contributed by atoms with Crippen molar-refractivity contribution in [3.05, 3.63) is 80.9 Å². The SMILES string of the molecule is CCC[SiH]=[Hf]([Cl])([Cl])([CH]1C(CC)=Cc2c(C3CC3)cccc21)[CH]1C(CC)=Cc2c(C3CC3)cccc21. The second-order valence-corrected chi connectivity index (χ2v) is 61.4. The quantitative estimate of drug-likeness (QED) is 0.243. The van der Waals surface area contributed by atoms with Crippen LogP contribution >= 0.6 is 17.2 Å². The maximum atomic E-state index is 8.42. The van der Waals surface area contributed by atoms with Crippen molar-refractivity contribution in [2.24, 2.45) is 0 Å². The molecule has 0 N–H and O–H groups in total. The molecule has 0 nitrogen and oxygen atoms in total. The third-order valence-electron chi connectivity index (χ3n) is 9.15. The predicted octanol–water partition coefficient (Wildman–Crippen LogP) is 10.0. The summed E-state index contributed by atoms with van der Waals surface area (Å²) in [5.41, 5.74) is 12.1. The zero-order valence-corrected chi connectivity index (χ0v) is 27.7. The Morgan fingerprint density at radius 3 is 1.51 bits per heavy atom. The molecule has 2 aromatic carbocycles. The molecule has 4 aliphatic rings. The van der Waals surface area contributed by atoms with Crippen LogP contribution < -0.4 is 0 Å². The van der Waals surface area contributed by atoms with Gasteiger partial charge in [-0.1, -0.05) is 0 Å². The van der Waals surface area contributed by atoms with Gasteiger partial charge in [-0.2, -0.15) is 0 Å². The van der Waals surface area contributed by atoms with Crippen molar-refractivity contribution in [3.8, 4) is 0 Å². The topological polar surface area (TPSA) is 0 Å². The summed E-state index contributed by atoms with van der Waals surface area (Å²) >= 11 is -4.64. The first-order valence-corrected chi connectivity index (χ1v) is 34.7. The predicted molar refractivity (Wildman–Crippen MR) is 153 cm³/mol. The van der Waals surface area contributed by atoms with Crippen molar-refractivity contribution in [1.82, 2.24) is 0 Å². The van der Waals surface area contributed by atoms with E-state index in [1.54, 1.807) is 11.1 Å². The summed E-state index contributed by atoms with van der Waals surface area (Å²) in [5.74, 6) is 1.49. The molecule has 0 radical (unpaired) electrons. The van der Waals surface area contributed by atoms with Crippen LogP contribution in [0.3, 0.4) is 0 Å². The Hall–Kier alpha value is -0.413.